The molecule has 176 valence electrons. The van der Waals surface area contributed by atoms with Gasteiger partial charge in [-0.15, -0.1) is 20.4 Å². The molecule has 8 amide bonds. The van der Waals surface area contributed by atoms with Gasteiger partial charge in [-0.3, -0.25) is 0 Å². The minimum Gasteiger partial charge on any atom is -0.339 e. The quantitative estimate of drug-likeness (QED) is 0.401. The number of nitrogens with one attached hydrogen (secondary N) is 4. The highest BCUT2D eigenvalue weighted by Gasteiger charge is 2.26. The molecule has 0 fully saturated rings. The Morgan fingerprint density at radius 2 is 0.625 bits per heavy atom. The van der Waals surface area contributed by atoms with E-state index in [1.54, 1.807) is 27.7 Å². The van der Waals surface area contributed by atoms with Crippen molar-refractivity contribution in [3.63, 3.8) is 0 Å². The Morgan fingerprint density at radius 1 is 0.469 bits per heavy atom. The number of hydrogen-bond acceptors (Lipinski definition) is 8. The third-order valence-electron chi connectivity index (χ3n) is 3.83. The van der Waals surface area contributed by atoms with Gasteiger partial charge in [0, 0.05) is 28.2 Å². The molecule has 0 aliphatic carbocycles. The molecule has 16 nitrogen and oxygen atoms in total. The van der Waals surface area contributed by atoms with Crippen LogP contribution in [0.25, 0.3) is 0 Å². The Morgan fingerprint density at radius 3 is 0.750 bits per heavy atom. The fraction of sp³-hybridized carbons (Fsp3) is 0.500. The van der Waals surface area contributed by atoms with Crippen LogP contribution in [0.1, 0.15) is 27.7 Å². The number of hydrogen-bond donors (Lipinski definition) is 4. The lowest BCUT2D eigenvalue weighted by molar-refractivity contribution is 0.212. The number of urea groups is 4. The normalized spacial score (nSPS) is 15.2. The van der Waals surface area contributed by atoms with Crippen LogP contribution in [0.15, 0.2) is 20.4 Å². The summed E-state index contributed by atoms with van der Waals surface area (Å²) in [6, 6.07) is -1.62. The van der Waals surface area contributed by atoms with E-state index in [0.717, 1.165) is 20.0 Å². The van der Waals surface area contributed by atoms with Crippen molar-refractivity contribution in [1.82, 2.24) is 41.3 Å². The van der Waals surface area contributed by atoms with Gasteiger partial charge >= 0.3 is 24.1 Å². The van der Waals surface area contributed by atoms with Crippen LogP contribution in [-0.4, -0.2) is 95.7 Å². The van der Waals surface area contributed by atoms with Crippen molar-refractivity contribution in [2.45, 2.75) is 27.7 Å². The molecule has 0 spiro atoms. The second-order valence-corrected chi connectivity index (χ2v) is 6.06. The van der Waals surface area contributed by atoms with Gasteiger partial charge in [0.25, 0.3) is 0 Å². The lowest BCUT2D eigenvalue weighted by atomic mass is 10.5. The van der Waals surface area contributed by atoms with Gasteiger partial charge in [0.15, 0.2) is 23.3 Å². The predicted octanol–water partition coefficient (Wildman–Crippen LogP) is -0.101. The molecular formula is C16H28N12O4. The SMILES string of the molecule is CNC(=O)N1N=C(C)N(C(=O)NC)N=C1C.CNC(=O)N1N=C(C)N(C(=O)NC)N=C1C. The zero-order valence-electron chi connectivity index (χ0n) is 19.2. The van der Waals surface area contributed by atoms with Crippen LogP contribution in [0.3, 0.4) is 0 Å². The summed E-state index contributed by atoms with van der Waals surface area (Å²) in [4.78, 5) is 45.5. The van der Waals surface area contributed by atoms with Crippen LogP contribution >= 0.6 is 0 Å². The first kappa shape index (κ1) is 25.8. The molecule has 0 saturated carbocycles. The summed E-state index contributed by atoms with van der Waals surface area (Å²) < 4.78 is 0. The summed E-state index contributed by atoms with van der Waals surface area (Å²) in [5, 5.41) is 29.9. The van der Waals surface area contributed by atoms with E-state index in [-0.39, 0.29) is 0 Å². The first-order valence-electron chi connectivity index (χ1n) is 9.30. The van der Waals surface area contributed by atoms with Gasteiger partial charge in [-0.05, 0) is 27.7 Å². The number of nitrogens with zero attached hydrogens (tertiary/aromatic N) is 8. The standard InChI is InChI=1S/2C8H14N6O2/c2*1-5-11-14(8(16)10-4)6(2)12-13(5)7(15)9-3/h2*1-4H3,(H,9,15)(H,10,16). The molecule has 2 rings (SSSR count). The highest BCUT2D eigenvalue weighted by molar-refractivity contribution is 6.05. The van der Waals surface area contributed by atoms with Crippen molar-refractivity contribution < 1.29 is 19.2 Å². The fourth-order valence-corrected chi connectivity index (χ4v) is 2.23. The number of amides is 8. The van der Waals surface area contributed by atoms with E-state index in [4.69, 9.17) is 0 Å². The number of carbonyl (C=O) groups excluding carboxylic acids is 4. The van der Waals surface area contributed by atoms with E-state index < -0.39 is 24.1 Å². The number of rotatable bonds is 0. The fourth-order valence-electron chi connectivity index (χ4n) is 2.23. The number of amidine groups is 4. The average molecular weight is 452 g/mol. The van der Waals surface area contributed by atoms with Gasteiger partial charge in [-0.1, -0.05) is 0 Å². The minimum atomic E-state index is -0.405. The molecule has 32 heavy (non-hydrogen) atoms. The third-order valence-corrected chi connectivity index (χ3v) is 3.83. The van der Waals surface area contributed by atoms with Crippen molar-refractivity contribution in [2.75, 3.05) is 28.2 Å². The van der Waals surface area contributed by atoms with E-state index in [1.807, 2.05) is 0 Å². The van der Waals surface area contributed by atoms with Crippen LogP contribution in [0, 0.1) is 0 Å². The topological polar surface area (TPSA) is 179 Å². The van der Waals surface area contributed by atoms with Crippen molar-refractivity contribution in [3.05, 3.63) is 0 Å². The second kappa shape index (κ2) is 11.2. The van der Waals surface area contributed by atoms with Gasteiger partial charge in [-0.25, -0.2) is 19.2 Å². The lowest BCUT2D eigenvalue weighted by Crippen LogP contribution is -2.47. The van der Waals surface area contributed by atoms with Gasteiger partial charge in [0.05, 0.1) is 0 Å². The van der Waals surface area contributed by atoms with Crippen molar-refractivity contribution in [1.29, 1.82) is 0 Å². The summed E-state index contributed by atoms with van der Waals surface area (Å²) >= 11 is 0. The Hall–Kier alpha value is -4.24. The first-order chi connectivity index (χ1) is 15.0. The highest BCUT2D eigenvalue weighted by Crippen LogP contribution is 2.08. The monoisotopic (exact) mass is 452 g/mol. The molecule has 0 aromatic heterocycles. The number of carbonyl (C=O) groups is 4. The first-order valence-corrected chi connectivity index (χ1v) is 9.30. The maximum absolute atomic E-state index is 11.4. The molecular weight excluding hydrogens is 424 g/mol. The van der Waals surface area contributed by atoms with Crippen LogP contribution in [-0.2, 0) is 0 Å². The summed E-state index contributed by atoms with van der Waals surface area (Å²) in [5.74, 6) is 1.25. The third kappa shape index (κ3) is 5.89. The Bertz CT molecular complexity index is 749. The predicted molar refractivity (Wildman–Crippen MR) is 118 cm³/mol. The molecule has 2 aliphatic rings. The smallest absolute Gasteiger partial charge is 0.339 e. The maximum atomic E-state index is 11.4. The molecule has 0 saturated heterocycles. The van der Waals surface area contributed by atoms with Crippen molar-refractivity contribution in [3.8, 4) is 0 Å². The van der Waals surface area contributed by atoms with Gasteiger partial charge in [0.1, 0.15) is 0 Å². The molecule has 0 unspecified atom stereocenters. The second-order valence-electron chi connectivity index (χ2n) is 6.06. The van der Waals surface area contributed by atoms with E-state index in [1.165, 1.54) is 28.2 Å². The molecule has 0 radical (unpaired) electrons. The zero-order valence-corrected chi connectivity index (χ0v) is 19.2. The Kier molecular flexibility index (Phi) is 9.05. The van der Waals surface area contributed by atoms with Gasteiger partial charge < -0.3 is 21.3 Å². The van der Waals surface area contributed by atoms with E-state index in [2.05, 4.69) is 41.7 Å². The number of hydrazone groups is 4. The Labute approximate surface area is 185 Å². The molecule has 0 bridgehead atoms. The Balaban J connectivity index is 0.000000320. The summed E-state index contributed by atoms with van der Waals surface area (Å²) in [6.45, 7) is 6.34. The minimum absolute atomic E-state index is 0.313. The van der Waals surface area contributed by atoms with E-state index >= 15 is 0 Å². The molecule has 0 atom stereocenters. The molecule has 2 heterocycles. The van der Waals surface area contributed by atoms with Crippen molar-refractivity contribution in [2.24, 2.45) is 20.4 Å². The van der Waals surface area contributed by atoms with Gasteiger partial charge in [-0.2, -0.15) is 20.0 Å². The van der Waals surface area contributed by atoms with Gasteiger partial charge in [0.2, 0.25) is 0 Å². The average Bonchev–Trinajstić information content (AvgIpc) is 2.79. The molecule has 2 aliphatic heterocycles. The highest BCUT2D eigenvalue weighted by atomic mass is 16.2. The molecule has 16 heteroatoms. The van der Waals surface area contributed by atoms with E-state index in [0.29, 0.717) is 23.3 Å². The van der Waals surface area contributed by atoms with Crippen LogP contribution in [0.4, 0.5) is 19.2 Å². The zero-order chi connectivity index (χ0) is 24.6. The summed E-state index contributed by atoms with van der Waals surface area (Å²) in [6.07, 6.45) is 0. The summed E-state index contributed by atoms with van der Waals surface area (Å²) in [7, 11) is 5.97. The molecule has 0 aromatic carbocycles. The van der Waals surface area contributed by atoms with Crippen LogP contribution in [0.2, 0.25) is 0 Å². The molecule has 4 N–H and O–H groups in total. The van der Waals surface area contributed by atoms with E-state index in [9.17, 15) is 19.2 Å². The summed E-state index contributed by atoms with van der Waals surface area (Å²) in [5.41, 5.74) is 0. The molecule has 0 aromatic rings. The largest absolute Gasteiger partial charge is 0.343 e. The lowest BCUT2D eigenvalue weighted by Gasteiger charge is -2.26. The maximum Gasteiger partial charge on any atom is 0.343 e. The van der Waals surface area contributed by atoms with Crippen molar-refractivity contribution >= 4 is 47.5 Å². The van der Waals surface area contributed by atoms with Crippen LogP contribution < -0.4 is 21.3 Å². The van der Waals surface area contributed by atoms with Crippen LogP contribution in [0.5, 0.6) is 0 Å².